The van der Waals surface area contributed by atoms with E-state index in [1.807, 2.05) is 44.2 Å². The maximum atomic E-state index is 13.2. The summed E-state index contributed by atoms with van der Waals surface area (Å²) in [6.07, 6.45) is 9.64. The second-order valence-electron chi connectivity index (χ2n) is 17.3. The van der Waals surface area contributed by atoms with Crippen molar-refractivity contribution in [2.24, 2.45) is 0 Å². The number of benzene rings is 2. The highest BCUT2D eigenvalue weighted by Gasteiger charge is 2.40. The molecule has 2 aromatic heterocycles. The first-order chi connectivity index (χ1) is 30.4. The van der Waals surface area contributed by atoms with Crippen molar-refractivity contribution in [3.8, 4) is 5.75 Å². The van der Waals surface area contributed by atoms with Crippen LogP contribution < -0.4 is 31.1 Å². The van der Waals surface area contributed by atoms with Gasteiger partial charge in [-0.3, -0.25) is 34.2 Å². The van der Waals surface area contributed by atoms with E-state index in [0.29, 0.717) is 47.0 Å². The predicted octanol–water partition coefficient (Wildman–Crippen LogP) is 4.96. The molecule has 17 heteroatoms. The van der Waals surface area contributed by atoms with E-state index in [1.165, 1.54) is 12.6 Å². The lowest BCUT2D eigenvalue weighted by Gasteiger charge is -2.45. The van der Waals surface area contributed by atoms with Crippen molar-refractivity contribution >= 4 is 69.2 Å². The lowest BCUT2D eigenvalue weighted by molar-refractivity contribution is -0.137. The molecule has 2 aromatic carbocycles. The number of carbonyl (C=O) groups excluding carboxylic acids is 4. The second-order valence-corrected chi connectivity index (χ2v) is 17.7. The van der Waals surface area contributed by atoms with E-state index in [1.54, 1.807) is 21.7 Å². The van der Waals surface area contributed by atoms with E-state index in [9.17, 15) is 24.0 Å². The fraction of sp³-hybridized carbons (Fsp3) is 0.457. The van der Waals surface area contributed by atoms with Gasteiger partial charge in [0.05, 0.1) is 23.9 Å². The van der Waals surface area contributed by atoms with Crippen molar-refractivity contribution in [1.29, 1.82) is 0 Å². The molecule has 3 N–H and O–H groups in total. The van der Waals surface area contributed by atoms with Crippen molar-refractivity contribution in [1.82, 2.24) is 35.0 Å². The number of anilines is 3. The third-order valence-electron chi connectivity index (χ3n) is 13.0. The van der Waals surface area contributed by atoms with Crippen molar-refractivity contribution in [2.45, 2.75) is 95.7 Å². The average Bonchev–Trinajstić information content (AvgIpc) is 3.59. The van der Waals surface area contributed by atoms with Gasteiger partial charge in [0.15, 0.2) is 18.2 Å². The first-order valence-electron chi connectivity index (χ1n) is 21.9. The Kier molecular flexibility index (Phi) is 12.0. The van der Waals surface area contributed by atoms with Crippen LogP contribution in [0.5, 0.6) is 5.75 Å². The van der Waals surface area contributed by atoms with Gasteiger partial charge in [0.1, 0.15) is 11.1 Å². The molecule has 63 heavy (non-hydrogen) atoms. The highest BCUT2D eigenvalue weighted by atomic mass is 35.5. The van der Waals surface area contributed by atoms with Crippen molar-refractivity contribution < 1.29 is 28.7 Å². The number of carbonyl (C=O) groups is 4. The summed E-state index contributed by atoms with van der Waals surface area (Å²) in [7, 11) is 1.51. The minimum Gasteiger partial charge on any atom is -0.478 e. The lowest BCUT2D eigenvalue weighted by Crippen LogP contribution is -2.52. The summed E-state index contributed by atoms with van der Waals surface area (Å²) in [6.45, 7) is 7.32. The van der Waals surface area contributed by atoms with Crippen molar-refractivity contribution in [3.05, 3.63) is 86.8 Å². The Hall–Kier alpha value is -5.84. The molecule has 1 unspecified atom stereocenters. The number of aromatic nitrogens is 3. The van der Waals surface area contributed by atoms with Gasteiger partial charge in [-0.1, -0.05) is 23.7 Å². The number of pyridine rings is 1. The zero-order valence-corrected chi connectivity index (χ0v) is 36.5. The molecule has 4 aromatic rings. The van der Waals surface area contributed by atoms with Crippen LogP contribution in [0.3, 0.4) is 0 Å². The highest BCUT2D eigenvalue weighted by molar-refractivity contribution is 6.33. The molecule has 0 radical (unpaired) electrons. The van der Waals surface area contributed by atoms with Crippen LogP contribution in [0.15, 0.2) is 59.5 Å². The zero-order chi connectivity index (χ0) is 43.9. The maximum absolute atomic E-state index is 13.2. The topological polar surface area (TPSA) is 180 Å². The van der Waals surface area contributed by atoms with Crippen LogP contribution in [0.25, 0.3) is 16.5 Å². The van der Waals surface area contributed by atoms with Gasteiger partial charge in [0.2, 0.25) is 17.8 Å². The van der Waals surface area contributed by atoms with Crippen molar-refractivity contribution in [2.75, 3.05) is 50.1 Å². The van der Waals surface area contributed by atoms with Gasteiger partial charge in [-0.2, -0.15) is 4.98 Å². The Balaban J connectivity index is 0.753. The lowest BCUT2D eigenvalue weighted by atomic mass is 9.86. The van der Waals surface area contributed by atoms with Gasteiger partial charge >= 0.3 is 0 Å². The molecule has 1 atom stereocenters. The molecule has 6 heterocycles. The molecule has 5 aliphatic rings. The first kappa shape index (κ1) is 42.5. The van der Waals surface area contributed by atoms with Crippen LogP contribution in [0.4, 0.5) is 17.5 Å². The van der Waals surface area contributed by atoms with E-state index in [-0.39, 0.29) is 60.3 Å². The molecular weight excluding hydrogens is 826 g/mol. The Morgan fingerprint density at radius 2 is 1.79 bits per heavy atom. The molecule has 1 saturated carbocycles. The number of rotatable bonds is 12. The highest BCUT2D eigenvalue weighted by Crippen LogP contribution is 2.36. The summed E-state index contributed by atoms with van der Waals surface area (Å²) in [5.74, 6) is -0.00988. The largest absolute Gasteiger partial charge is 0.478 e. The maximum Gasteiger partial charge on any atom is 0.293 e. The Morgan fingerprint density at radius 3 is 2.52 bits per heavy atom. The summed E-state index contributed by atoms with van der Waals surface area (Å²) < 4.78 is 13.9. The standard InChI is InChI=1S/C46H52ClN9O7/c1-26(2)56-37-7-5-31(19-29(37)20-39(45(56)61)62-25-41(58)48-3)50-42-36(47)23-49-46(52-42)54-16-12-33(13-17-54)63-34-21-32(22-34)53-14-10-27(11-15-53)28-4-6-35-30(18-28)24-55(44(35)60)38-8-9-40(57)51-43(38)59/h4-7,10,18-20,23,26,32-34,38H,8-9,11-17,21-22,24-25H2,1-3H3,(H,48,58)(H,49,50,52)(H,51,57,59). The van der Waals surface area contributed by atoms with E-state index in [2.05, 4.69) is 42.9 Å². The van der Waals surface area contributed by atoms with Crippen LogP contribution in [-0.4, -0.2) is 112 Å². The number of amides is 4. The van der Waals surface area contributed by atoms with Gasteiger partial charge in [-0.05, 0) is 105 Å². The number of halogens is 1. The molecule has 0 bridgehead atoms. The fourth-order valence-electron chi connectivity index (χ4n) is 9.43. The molecule has 16 nitrogen and oxygen atoms in total. The summed E-state index contributed by atoms with van der Waals surface area (Å²) >= 11 is 6.60. The van der Waals surface area contributed by atoms with Gasteiger partial charge in [0.25, 0.3) is 17.4 Å². The quantitative estimate of drug-likeness (QED) is 0.163. The number of hydrogen-bond donors (Lipinski definition) is 3. The van der Waals surface area contributed by atoms with Gasteiger partial charge in [-0.25, -0.2) is 4.98 Å². The fourth-order valence-corrected chi connectivity index (χ4v) is 9.57. The molecular formula is C46H52ClN9O7. The Morgan fingerprint density at radius 1 is 0.984 bits per heavy atom. The van der Waals surface area contributed by atoms with Crippen LogP contribution >= 0.6 is 11.6 Å². The van der Waals surface area contributed by atoms with Crippen molar-refractivity contribution in [3.63, 3.8) is 0 Å². The Labute approximate surface area is 369 Å². The van der Waals surface area contributed by atoms with E-state index < -0.39 is 11.9 Å². The number of fused-ring (bicyclic) bond motifs is 2. The predicted molar refractivity (Wildman–Crippen MR) is 238 cm³/mol. The number of hydrogen-bond acceptors (Lipinski definition) is 12. The third-order valence-corrected chi connectivity index (χ3v) is 13.3. The van der Waals surface area contributed by atoms with Gasteiger partial charge < -0.3 is 34.5 Å². The smallest absolute Gasteiger partial charge is 0.293 e. The molecule has 2 saturated heterocycles. The number of nitrogens with zero attached hydrogens (tertiary/aromatic N) is 6. The SMILES string of the molecule is CNC(=O)COc1cc2cc(Nc3nc(N4CCC(OC5CC(N6CC=C(c7ccc8c(c7)CN(C7CCC(=O)NC7=O)C8=O)CC6)C5)CC4)ncc3Cl)ccc2n(C(C)C)c1=O. The van der Waals surface area contributed by atoms with Crippen LogP contribution in [0, 0.1) is 0 Å². The van der Waals surface area contributed by atoms with E-state index in [0.717, 1.165) is 80.3 Å². The Bertz CT molecular complexity index is 2560. The van der Waals surface area contributed by atoms with E-state index >= 15 is 0 Å². The first-order valence-corrected chi connectivity index (χ1v) is 22.2. The van der Waals surface area contributed by atoms with E-state index in [4.69, 9.17) is 26.1 Å². The zero-order valence-electron chi connectivity index (χ0n) is 35.7. The summed E-state index contributed by atoms with van der Waals surface area (Å²) in [4.78, 5) is 78.0. The molecule has 3 fully saturated rings. The molecule has 1 aliphatic carbocycles. The normalized spacial score (nSPS) is 21.9. The van der Waals surface area contributed by atoms with Gasteiger partial charge in [0, 0.05) is 74.9 Å². The number of likely N-dealkylation sites (N-methyl/N-ethyl adjacent to an activating group) is 1. The summed E-state index contributed by atoms with van der Waals surface area (Å²) in [6, 6.07) is 13.0. The third kappa shape index (κ3) is 8.76. The molecule has 330 valence electrons. The van der Waals surface area contributed by atoms with Crippen LogP contribution in [0.1, 0.15) is 86.3 Å². The number of piperidine rings is 2. The number of ether oxygens (including phenoxy) is 2. The molecule has 4 amide bonds. The minimum atomic E-state index is -0.612. The summed E-state index contributed by atoms with van der Waals surface area (Å²) in [5, 5.41) is 9.34. The minimum absolute atomic E-state index is 0.0935. The van der Waals surface area contributed by atoms with Gasteiger partial charge in [-0.15, -0.1) is 0 Å². The monoisotopic (exact) mass is 877 g/mol. The molecule has 4 aliphatic heterocycles. The number of nitrogens with one attached hydrogen (secondary N) is 3. The number of imide groups is 1. The van der Waals surface area contributed by atoms with Crippen LogP contribution in [0.2, 0.25) is 5.02 Å². The molecule has 0 spiro atoms. The second kappa shape index (κ2) is 17.7. The summed E-state index contributed by atoms with van der Waals surface area (Å²) in [5.41, 5.74) is 5.11. The molecule has 9 rings (SSSR count). The average molecular weight is 878 g/mol. The van der Waals surface area contributed by atoms with Crippen LogP contribution in [-0.2, 0) is 25.7 Å².